The lowest BCUT2D eigenvalue weighted by atomic mass is 9.81. The van der Waals surface area contributed by atoms with E-state index >= 15 is 0 Å². The van der Waals surface area contributed by atoms with Crippen LogP contribution in [0.25, 0.3) is 11.0 Å². The number of ether oxygens (including phenoxy) is 1. The minimum Gasteiger partial charge on any atom is -0.459 e. The van der Waals surface area contributed by atoms with Crippen molar-refractivity contribution in [3.05, 3.63) is 45.8 Å². The van der Waals surface area contributed by atoms with Crippen LogP contribution in [0.2, 0.25) is 0 Å². The summed E-state index contributed by atoms with van der Waals surface area (Å²) < 4.78 is 10.8. The summed E-state index contributed by atoms with van der Waals surface area (Å²) in [4.78, 5) is 52.3. The van der Waals surface area contributed by atoms with E-state index in [1.807, 2.05) is 25.3 Å². The highest BCUT2D eigenvalue weighted by Gasteiger charge is 2.52. The van der Waals surface area contributed by atoms with Crippen molar-refractivity contribution in [1.29, 1.82) is 0 Å². The van der Waals surface area contributed by atoms with E-state index < -0.39 is 17.6 Å². The summed E-state index contributed by atoms with van der Waals surface area (Å²) in [6, 6.07) is 5.83. The third kappa shape index (κ3) is 4.33. The van der Waals surface area contributed by atoms with Gasteiger partial charge in [-0.15, -0.1) is 0 Å². The van der Waals surface area contributed by atoms with Gasteiger partial charge in [-0.1, -0.05) is 25.0 Å². The molecular weight excluding hydrogens is 430 g/mol. The Hall–Kier alpha value is -2.61. The Morgan fingerprint density at radius 1 is 1.16 bits per heavy atom. The molecule has 1 aliphatic heterocycles. The van der Waals surface area contributed by atoms with Crippen LogP contribution in [0.4, 0.5) is 0 Å². The molecule has 1 aromatic heterocycles. The molecule has 1 saturated carbocycles. The Morgan fingerprint density at radius 3 is 2.50 bits per heavy atom. The summed E-state index contributed by atoms with van der Waals surface area (Å²) in [5.41, 5.74) is 1.37. The third-order valence-electron chi connectivity index (χ3n) is 6.41. The van der Waals surface area contributed by atoms with Gasteiger partial charge in [0.15, 0.2) is 0 Å². The lowest BCUT2D eigenvalue weighted by Gasteiger charge is -2.25. The number of aryl methyl sites for hydroxylation is 1. The van der Waals surface area contributed by atoms with Crippen molar-refractivity contribution in [3.63, 3.8) is 0 Å². The predicted octanol–water partition coefficient (Wildman–Crippen LogP) is 3.44. The molecule has 0 radical (unpaired) electrons. The number of hydrogen-bond donors (Lipinski definition) is 0. The fourth-order valence-electron chi connectivity index (χ4n) is 4.78. The van der Waals surface area contributed by atoms with Gasteiger partial charge in [-0.05, 0) is 49.8 Å². The van der Waals surface area contributed by atoms with Crippen molar-refractivity contribution in [1.82, 2.24) is 4.90 Å². The lowest BCUT2D eigenvalue weighted by Crippen LogP contribution is -2.46. The SMILES string of the molecule is CSCC[C@H](C(=O)OCc1cc(=O)oc2cc(C)ccc12)N1C(=O)[C@H]2CCCC[C@H]2C1=O. The van der Waals surface area contributed by atoms with Crippen LogP contribution >= 0.6 is 11.8 Å². The molecule has 0 unspecified atom stereocenters. The minimum absolute atomic E-state index is 0.136. The number of likely N-dealkylation sites (tertiary alicyclic amines) is 1. The number of esters is 1. The molecule has 2 aliphatic rings. The molecule has 2 fully saturated rings. The van der Waals surface area contributed by atoms with E-state index in [4.69, 9.17) is 9.15 Å². The van der Waals surface area contributed by atoms with Crippen LogP contribution in [0.5, 0.6) is 0 Å². The fourth-order valence-corrected chi connectivity index (χ4v) is 5.24. The van der Waals surface area contributed by atoms with E-state index in [1.54, 1.807) is 17.8 Å². The first kappa shape index (κ1) is 22.6. The van der Waals surface area contributed by atoms with Crippen molar-refractivity contribution in [2.45, 2.75) is 51.7 Å². The van der Waals surface area contributed by atoms with E-state index in [0.29, 0.717) is 41.5 Å². The Balaban J connectivity index is 1.56. The quantitative estimate of drug-likeness (QED) is 0.357. The number of fused-ring (bicyclic) bond motifs is 2. The van der Waals surface area contributed by atoms with Gasteiger partial charge in [-0.2, -0.15) is 11.8 Å². The molecular formula is C24H27NO6S. The molecule has 7 nitrogen and oxygen atoms in total. The van der Waals surface area contributed by atoms with Crippen molar-refractivity contribution in [2.75, 3.05) is 12.0 Å². The minimum atomic E-state index is -0.943. The van der Waals surface area contributed by atoms with Gasteiger partial charge in [0.25, 0.3) is 0 Å². The molecule has 170 valence electrons. The Morgan fingerprint density at radius 2 is 1.84 bits per heavy atom. The summed E-state index contributed by atoms with van der Waals surface area (Å²) in [6.45, 7) is 1.76. The summed E-state index contributed by atoms with van der Waals surface area (Å²) in [6.07, 6.45) is 5.50. The molecule has 2 aromatic rings. The third-order valence-corrected chi connectivity index (χ3v) is 7.05. The number of imide groups is 1. The van der Waals surface area contributed by atoms with Crippen LogP contribution in [0.1, 0.15) is 43.2 Å². The van der Waals surface area contributed by atoms with Gasteiger partial charge >= 0.3 is 11.6 Å². The first-order valence-electron chi connectivity index (χ1n) is 11.0. The van der Waals surface area contributed by atoms with Crippen molar-refractivity contribution >= 4 is 40.5 Å². The second-order valence-electron chi connectivity index (χ2n) is 8.54. The molecule has 32 heavy (non-hydrogen) atoms. The van der Waals surface area contributed by atoms with Gasteiger partial charge in [-0.3, -0.25) is 14.5 Å². The van der Waals surface area contributed by atoms with E-state index in [0.717, 1.165) is 18.4 Å². The van der Waals surface area contributed by atoms with Crippen molar-refractivity contribution in [2.24, 2.45) is 11.8 Å². The number of hydrogen-bond acceptors (Lipinski definition) is 7. The van der Waals surface area contributed by atoms with E-state index in [9.17, 15) is 19.2 Å². The lowest BCUT2D eigenvalue weighted by molar-refractivity contribution is -0.159. The van der Waals surface area contributed by atoms with Gasteiger partial charge < -0.3 is 9.15 Å². The zero-order chi connectivity index (χ0) is 22.8. The highest BCUT2D eigenvalue weighted by molar-refractivity contribution is 7.98. The Labute approximate surface area is 190 Å². The largest absolute Gasteiger partial charge is 0.459 e. The van der Waals surface area contributed by atoms with Crippen molar-refractivity contribution in [3.8, 4) is 0 Å². The average molecular weight is 458 g/mol. The van der Waals surface area contributed by atoms with Gasteiger partial charge in [0.1, 0.15) is 18.2 Å². The van der Waals surface area contributed by atoms with E-state index in [1.165, 1.54) is 11.0 Å². The second-order valence-corrected chi connectivity index (χ2v) is 9.52. The summed E-state index contributed by atoms with van der Waals surface area (Å²) in [7, 11) is 0. The topological polar surface area (TPSA) is 93.9 Å². The monoisotopic (exact) mass is 457 g/mol. The van der Waals surface area contributed by atoms with Gasteiger partial charge in [0.05, 0.1) is 11.8 Å². The molecule has 0 bridgehead atoms. The molecule has 2 amide bonds. The first-order valence-corrected chi connectivity index (χ1v) is 12.4. The highest BCUT2D eigenvalue weighted by atomic mass is 32.2. The predicted molar refractivity (Wildman–Crippen MR) is 121 cm³/mol. The summed E-state index contributed by atoms with van der Waals surface area (Å²) >= 11 is 1.54. The van der Waals surface area contributed by atoms with Crippen LogP contribution in [-0.4, -0.2) is 40.7 Å². The number of rotatable bonds is 7. The molecule has 3 atom stereocenters. The summed E-state index contributed by atoms with van der Waals surface area (Å²) in [5.74, 6) is -1.12. The number of carbonyl (C=O) groups is 3. The molecule has 4 rings (SSSR count). The average Bonchev–Trinajstić information content (AvgIpc) is 3.02. The number of nitrogens with zero attached hydrogens (tertiary/aromatic N) is 1. The van der Waals surface area contributed by atoms with E-state index in [2.05, 4.69) is 0 Å². The normalized spacial score (nSPS) is 21.6. The second kappa shape index (κ2) is 9.48. The molecule has 0 N–H and O–H groups in total. The van der Waals surface area contributed by atoms with Gasteiger partial charge in [-0.25, -0.2) is 9.59 Å². The Bertz CT molecular complexity index is 1090. The number of carbonyl (C=O) groups excluding carboxylic acids is 3. The molecule has 1 saturated heterocycles. The number of benzene rings is 1. The van der Waals surface area contributed by atoms with Crippen LogP contribution in [-0.2, 0) is 25.7 Å². The van der Waals surface area contributed by atoms with Crippen LogP contribution in [0.3, 0.4) is 0 Å². The van der Waals surface area contributed by atoms with Crippen LogP contribution < -0.4 is 5.63 Å². The van der Waals surface area contributed by atoms with E-state index in [-0.39, 0.29) is 30.3 Å². The number of thioether (sulfide) groups is 1. The number of amides is 2. The van der Waals surface area contributed by atoms with Gasteiger partial charge in [0.2, 0.25) is 11.8 Å². The zero-order valence-electron chi connectivity index (χ0n) is 18.3. The maximum atomic E-state index is 13.1. The maximum absolute atomic E-state index is 13.1. The van der Waals surface area contributed by atoms with Crippen LogP contribution in [0, 0.1) is 18.8 Å². The smallest absolute Gasteiger partial charge is 0.336 e. The highest BCUT2D eigenvalue weighted by Crippen LogP contribution is 2.39. The van der Waals surface area contributed by atoms with Crippen molar-refractivity contribution < 1.29 is 23.5 Å². The first-order chi connectivity index (χ1) is 15.4. The zero-order valence-corrected chi connectivity index (χ0v) is 19.1. The molecule has 0 spiro atoms. The molecule has 1 aliphatic carbocycles. The fraction of sp³-hybridized carbons (Fsp3) is 0.500. The van der Waals surface area contributed by atoms with Gasteiger partial charge in [0, 0.05) is 17.0 Å². The summed E-state index contributed by atoms with van der Waals surface area (Å²) in [5, 5.41) is 0.683. The molecule has 1 aromatic carbocycles. The van der Waals surface area contributed by atoms with Crippen LogP contribution in [0.15, 0.2) is 33.5 Å². The standard InChI is InChI=1S/C24H27NO6S/c1-14-7-8-16-15(12-21(26)31-20(16)11-14)13-30-24(29)19(9-10-32-2)25-22(27)17-5-3-4-6-18(17)23(25)28/h7-8,11-12,17-19H,3-6,9-10,13H2,1-2H3/t17-,18+,19-/m1/s1. The Kier molecular flexibility index (Phi) is 6.69. The maximum Gasteiger partial charge on any atom is 0.336 e. The molecule has 2 heterocycles. The molecule has 8 heteroatoms.